The summed E-state index contributed by atoms with van der Waals surface area (Å²) >= 11 is 0. The lowest BCUT2D eigenvalue weighted by Crippen LogP contribution is -2.31. The van der Waals surface area contributed by atoms with Crippen molar-refractivity contribution in [3.63, 3.8) is 0 Å². The second-order valence-electron chi connectivity index (χ2n) is 7.60. The maximum Gasteiger partial charge on any atom is 0.272 e. The summed E-state index contributed by atoms with van der Waals surface area (Å²) in [5, 5.41) is 2.94. The molecule has 7 nitrogen and oxygen atoms in total. The lowest BCUT2D eigenvalue weighted by molar-refractivity contribution is 0.0729. The minimum absolute atomic E-state index is 0.00212. The molecule has 0 saturated carbocycles. The van der Waals surface area contributed by atoms with Crippen LogP contribution in [0.15, 0.2) is 54.7 Å². The van der Waals surface area contributed by atoms with Gasteiger partial charge in [0.05, 0.1) is 11.6 Å². The number of pyridine rings is 1. The zero-order valence-corrected chi connectivity index (χ0v) is 17.8. The molecule has 31 heavy (non-hydrogen) atoms. The van der Waals surface area contributed by atoms with Crippen molar-refractivity contribution in [2.75, 3.05) is 26.3 Å². The molecule has 1 fully saturated rings. The Labute approximate surface area is 182 Å². The second-order valence-corrected chi connectivity index (χ2v) is 7.60. The fourth-order valence-electron chi connectivity index (χ4n) is 4.09. The van der Waals surface area contributed by atoms with Crippen molar-refractivity contribution in [3.05, 3.63) is 71.8 Å². The minimum Gasteiger partial charge on any atom is -0.382 e. The molecular weight excluding hydrogens is 392 g/mol. The summed E-state index contributed by atoms with van der Waals surface area (Å²) in [6.45, 7) is 4.44. The highest BCUT2D eigenvalue weighted by Crippen LogP contribution is 2.33. The van der Waals surface area contributed by atoms with Crippen LogP contribution >= 0.6 is 0 Å². The van der Waals surface area contributed by atoms with E-state index < -0.39 is 0 Å². The van der Waals surface area contributed by atoms with Crippen molar-refractivity contribution in [1.82, 2.24) is 19.6 Å². The largest absolute Gasteiger partial charge is 0.382 e. The third-order valence-electron chi connectivity index (χ3n) is 5.58. The van der Waals surface area contributed by atoms with Crippen molar-refractivity contribution in [2.45, 2.75) is 32.2 Å². The third kappa shape index (κ3) is 4.46. The van der Waals surface area contributed by atoms with E-state index in [2.05, 4.69) is 5.32 Å². The summed E-state index contributed by atoms with van der Waals surface area (Å²) < 4.78 is 7.27. The van der Waals surface area contributed by atoms with Crippen LogP contribution in [-0.4, -0.2) is 52.4 Å². The Morgan fingerprint density at radius 2 is 1.97 bits per heavy atom. The monoisotopic (exact) mass is 420 g/mol. The molecule has 2 aromatic heterocycles. The number of carbonyl (C=O) groups excluding carboxylic acids is 2. The lowest BCUT2D eigenvalue weighted by Gasteiger charge is -2.24. The van der Waals surface area contributed by atoms with E-state index in [4.69, 9.17) is 9.72 Å². The van der Waals surface area contributed by atoms with Crippen LogP contribution in [0.4, 0.5) is 0 Å². The smallest absolute Gasteiger partial charge is 0.272 e. The Morgan fingerprint density at radius 1 is 1.16 bits per heavy atom. The number of hydrogen-bond donors (Lipinski definition) is 1. The van der Waals surface area contributed by atoms with Gasteiger partial charge in [-0.15, -0.1) is 0 Å². The first kappa shape index (κ1) is 21.1. The van der Waals surface area contributed by atoms with Crippen LogP contribution in [0.5, 0.6) is 0 Å². The van der Waals surface area contributed by atoms with Gasteiger partial charge in [0.25, 0.3) is 11.8 Å². The van der Waals surface area contributed by atoms with Crippen LogP contribution in [0.2, 0.25) is 0 Å². The number of carbonyl (C=O) groups is 2. The number of nitrogens with zero attached hydrogens (tertiary/aromatic N) is 3. The molecule has 162 valence electrons. The van der Waals surface area contributed by atoms with E-state index in [0.29, 0.717) is 37.6 Å². The van der Waals surface area contributed by atoms with Gasteiger partial charge >= 0.3 is 0 Å². The standard InChI is InChI=1S/C24H28N4O3/c1-2-31-17-9-14-25-23(29)21-19-12-6-7-15-27(19)22(26-21)20-13-8-16-28(20)24(30)18-10-4-3-5-11-18/h3-7,10-12,15,20H,2,8-9,13-14,16-17H2,1H3,(H,25,29). The SMILES string of the molecule is CCOCCCNC(=O)c1nc(C2CCCN2C(=O)c2ccccc2)n2ccccc12. The molecule has 1 atom stereocenters. The molecule has 7 heteroatoms. The predicted molar refractivity (Wildman–Crippen MR) is 118 cm³/mol. The second kappa shape index (κ2) is 9.75. The molecule has 0 aliphatic carbocycles. The Bertz CT molecular complexity index is 1050. The average molecular weight is 421 g/mol. The predicted octanol–water partition coefficient (Wildman–Crippen LogP) is 3.47. The minimum atomic E-state index is -0.203. The van der Waals surface area contributed by atoms with E-state index in [1.54, 1.807) is 0 Å². The number of benzene rings is 1. The molecule has 4 rings (SSSR count). The van der Waals surface area contributed by atoms with E-state index in [9.17, 15) is 9.59 Å². The Balaban J connectivity index is 1.59. The molecule has 1 aliphatic heterocycles. The summed E-state index contributed by atoms with van der Waals surface area (Å²) in [5.74, 6) is 0.528. The Hall–Kier alpha value is -3.19. The van der Waals surface area contributed by atoms with Crippen LogP contribution < -0.4 is 5.32 Å². The lowest BCUT2D eigenvalue weighted by atomic mass is 10.1. The highest BCUT2D eigenvalue weighted by atomic mass is 16.5. The molecule has 3 aromatic rings. The van der Waals surface area contributed by atoms with Gasteiger partial charge in [0, 0.05) is 38.1 Å². The van der Waals surface area contributed by atoms with E-state index in [0.717, 1.165) is 30.6 Å². The summed E-state index contributed by atoms with van der Waals surface area (Å²) in [6, 6.07) is 14.9. The molecular formula is C24H28N4O3. The summed E-state index contributed by atoms with van der Waals surface area (Å²) in [5.41, 5.74) is 1.81. The maximum absolute atomic E-state index is 13.1. The molecule has 0 bridgehead atoms. The van der Waals surface area contributed by atoms with Gasteiger partial charge in [0.15, 0.2) is 5.69 Å². The number of likely N-dealkylation sites (tertiary alicyclic amines) is 1. The number of amides is 2. The number of ether oxygens (including phenoxy) is 1. The van der Waals surface area contributed by atoms with Crippen molar-refractivity contribution in [3.8, 4) is 0 Å². The third-order valence-corrected chi connectivity index (χ3v) is 5.58. The Kier molecular flexibility index (Phi) is 6.62. The van der Waals surface area contributed by atoms with Crippen LogP contribution in [-0.2, 0) is 4.74 Å². The van der Waals surface area contributed by atoms with Crippen molar-refractivity contribution in [1.29, 1.82) is 0 Å². The zero-order valence-electron chi connectivity index (χ0n) is 17.8. The number of fused-ring (bicyclic) bond motifs is 1. The van der Waals surface area contributed by atoms with Gasteiger partial charge in [0.1, 0.15) is 5.82 Å². The number of nitrogens with one attached hydrogen (secondary N) is 1. The molecule has 1 aliphatic rings. The molecule has 2 amide bonds. The quantitative estimate of drug-likeness (QED) is 0.566. The van der Waals surface area contributed by atoms with E-state index >= 15 is 0 Å². The molecule has 3 heterocycles. The fourth-order valence-corrected chi connectivity index (χ4v) is 4.09. The maximum atomic E-state index is 13.1. The van der Waals surface area contributed by atoms with Crippen molar-refractivity contribution < 1.29 is 14.3 Å². The molecule has 0 radical (unpaired) electrons. The topological polar surface area (TPSA) is 75.9 Å². The highest BCUT2D eigenvalue weighted by Gasteiger charge is 2.34. The van der Waals surface area contributed by atoms with Crippen molar-refractivity contribution >= 4 is 17.3 Å². The number of rotatable bonds is 8. The van der Waals surface area contributed by atoms with Gasteiger partial charge in [-0.1, -0.05) is 24.3 Å². The first-order valence-corrected chi connectivity index (χ1v) is 10.9. The van der Waals surface area contributed by atoms with Gasteiger partial charge in [0.2, 0.25) is 0 Å². The van der Waals surface area contributed by atoms with Gasteiger partial charge in [-0.05, 0) is 50.5 Å². The van der Waals surface area contributed by atoms with Crippen LogP contribution in [0.1, 0.15) is 58.9 Å². The number of imidazole rings is 1. The number of hydrogen-bond acceptors (Lipinski definition) is 4. The molecule has 1 unspecified atom stereocenters. The van der Waals surface area contributed by atoms with Crippen LogP contribution in [0.3, 0.4) is 0 Å². The van der Waals surface area contributed by atoms with E-state index in [1.165, 1.54) is 0 Å². The van der Waals surface area contributed by atoms with Gasteiger partial charge in [-0.3, -0.25) is 9.59 Å². The molecule has 0 spiro atoms. The zero-order chi connectivity index (χ0) is 21.6. The molecule has 1 saturated heterocycles. The van der Waals surface area contributed by atoms with E-state index in [1.807, 2.05) is 71.0 Å². The Morgan fingerprint density at radius 3 is 2.77 bits per heavy atom. The fraction of sp³-hybridized carbons (Fsp3) is 0.375. The summed E-state index contributed by atoms with van der Waals surface area (Å²) in [6.07, 6.45) is 4.39. The highest BCUT2D eigenvalue weighted by molar-refractivity contribution is 5.99. The first-order valence-electron chi connectivity index (χ1n) is 10.9. The molecule has 1 aromatic carbocycles. The van der Waals surface area contributed by atoms with Crippen molar-refractivity contribution in [2.24, 2.45) is 0 Å². The normalized spacial score (nSPS) is 16.0. The van der Waals surface area contributed by atoms with Gasteiger partial charge < -0.3 is 19.4 Å². The summed E-state index contributed by atoms with van der Waals surface area (Å²) in [7, 11) is 0. The number of aromatic nitrogens is 2. The first-order chi connectivity index (χ1) is 15.2. The summed E-state index contributed by atoms with van der Waals surface area (Å²) in [4.78, 5) is 32.6. The average Bonchev–Trinajstić information content (AvgIpc) is 3.44. The molecule has 1 N–H and O–H groups in total. The van der Waals surface area contributed by atoms with E-state index in [-0.39, 0.29) is 17.9 Å². The van der Waals surface area contributed by atoms with Crippen LogP contribution in [0, 0.1) is 0 Å². The van der Waals surface area contributed by atoms with Gasteiger partial charge in [-0.2, -0.15) is 0 Å². The van der Waals surface area contributed by atoms with Gasteiger partial charge in [-0.25, -0.2) is 4.98 Å². The van der Waals surface area contributed by atoms with Crippen LogP contribution in [0.25, 0.3) is 5.52 Å².